The summed E-state index contributed by atoms with van der Waals surface area (Å²) < 4.78 is 23.7. The smallest absolute Gasteiger partial charge is 0.387 e. The average Bonchev–Trinajstić information content (AvgIpc) is 3.39. The van der Waals surface area contributed by atoms with Crippen LogP contribution in [0.3, 0.4) is 0 Å². The van der Waals surface area contributed by atoms with Crippen LogP contribution in [0, 0.1) is 0 Å². The standard InChI is InChI=1S/C68H119N2O6P/c1-6-8-10-12-14-16-18-20-22-24-25-26-27-28-29-30-31-32-33-34-35-36-37-38-39-40-41-42-43-44-45-46-48-50-52-54-56-58-60-62-68(72)69-66(65-76-77(73,74)75-64-63-70(3,4)5)67(71)61-59-57-55-53-51-49-47-23-21-19-17-15-13-11-9-7-2/h8,10,14,16,20,22,25-26,28-29,31-32,34-35,37-38,51,53,59,61,66-67,71H,6-7,9,11-13,15,17-19,21,23-24,27,30,33,36,39-50,52,54-58,60,62-65H2,1-5H3,(H-,69,72,73,74)/p+1/b10-8-,16-14-,22-20-,26-25-,29-28-,32-31-,35-34-,38-37-,53-51+,61-59+. The van der Waals surface area contributed by atoms with Gasteiger partial charge in [0.2, 0.25) is 5.91 Å². The first-order valence-corrected chi connectivity index (χ1v) is 32.9. The molecule has 0 aliphatic rings. The van der Waals surface area contributed by atoms with Crippen LogP contribution in [-0.4, -0.2) is 73.4 Å². The molecule has 8 nitrogen and oxygen atoms in total. The quantitative estimate of drug-likeness (QED) is 0.0243. The molecule has 0 saturated carbocycles. The summed E-state index contributed by atoms with van der Waals surface area (Å²) in [7, 11) is 1.55. The summed E-state index contributed by atoms with van der Waals surface area (Å²) in [5.41, 5.74) is 0. The van der Waals surface area contributed by atoms with E-state index in [0.717, 1.165) is 89.9 Å². The highest BCUT2D eigenvalue weighted by Gasteiger charge is 2.27. The number of allylic oxidation sites excluding steroid dienone is 19. The van der Waals surface area contributed by atoms with Gasteiger partial charge in [-0.25, -0.2) is 4.57 Å². The molecule has 0 aromatic rings. The van der Waals surface area contributed by atoms with Crippen molar-refractivity contribution in [3.63, 3.8) is 0 Å². The number of unbranched alkanes of at least 4 members (excludes halogenated alkanes) is 25. The Kier molecular flexibility index (Phi) is 55.3. The molecule has 9 heteroatoms. The second-order valence-corrected chi connectivity index (χ2v) is 23.5. The highest BCUT2D eigenvalue weighted by Crippen LogP contribution is 2.43. The van der Waals surface area contributed by atoms with E-state index in [1.165, 1.54) is 141 Å². The topological polar surface area (TPSA) is 105 Å². The summed E-state index contributed by atoms with van der Waals surface area (Å²) in [6.45, 7) is 4.68. The number of hydrogen-bond acceptors (Lipinski definition) is 5. The number of nitrogens with one attached hydrogen (secondary N) is 1. The number of phosphoric ester groups is 1. The van der Waals surface area contributed by atoms with Crippen LogP contribution in [0.5, 0.6) is 0 Å². The van der Waals surface area contributed by atoms with Crippen molar-refractivity contribution >= 4 is 13.7 Å². The van der Waals surface area contributed by atoms with Crippen LogP contribution >= 0.6 is 7.82 Å². The highest BCUT2D eigenvalue weighted by atomic mass is 31.2. The summed E-state index contributed by atoms with van der Waals surface area (Å²) >= 11 is 0. The van der Waals surface area contributed by atoms with Gasteiger partial charge in [-0.05, 0) is 96.3 Å². The van der Waals surface area contributed by atoms with Crippen LogP contribution in [0.2, 0.25) is 0 Å². The van der Waals surface area contributed by atoms with Crippen LogP contribution in [0.1, 0.15) is 251 Å². The van der Waals surface area contributed by atoms with Crippen molar-refractivity contribution in [3.8, 4) is 0 Å². The van der Waals surface area contributed by atoms with Crippen molar-refractivity contribution in [1.29, 1.82) is 0 Å². The zero-order valence-electron chi connectivity index (χ0n) is 50.4. The van der Waals surface area contributed by atoms with E-state index in [1.807, 2.05) is 27.2 Å². The van der Waals surface area contributed by atoms with Gasteiger partial charge in [0.1, 0.15) is 13.2 Å². The lowest BCUT2D eigenvalue weighted by Gasteiger charge is -2.25. The molecule has 77 heavy (non-hydrogen) atoms. The van der Waals surface area contributed by atoms with Crippen LogP contribution < -0.4 is 5.32 Å². The number of hydrogen-bond donors (Lipinski definition) is 3. The number of carbonyl (C=O) groups excluding carboxylic acids is 1. The van der Waals surface area contributed by atoms with E-state index in [-0.39, 0.29) is 19.1 Å². The SMILES string of the molecule is CC/C=C\C/C=C\C/C=C\C/C=C\C/C=C\C/C=C\C/C=C\C/C=C\CCCCCCCCCCCCCCCCC(=O)NC(COP(=O)(O)OCC[N+](C)(C)C)C(O)/C=C/CC/C=C/CCCCCCCCCCCC. The molecule has 3 unspecified atom stereocenters. The number of quaternary nitrogens is 1. The summed E-state index contributed by atoms with van der Waals surface area (Å²) in [6.07, 6.45) is 86.1. The number of aliphatic hydroxyl groups is 1. The molecule has 1 amide bonds. The molecule has 0 fully saturated rings. The maximum Gasteiger partial charge on any atom is 0.472 e. The molecule has 442 valence electrons. The van der Waals surface area contributed by atoms with Crippen LogP contribution in [0.4, 0.5) is 0 Å². The molecule has 0 aliphatic carbocycles. The summed E-state index contributed by atoms with van der Waals surface area (Å²) in [5.74, 6) is -0.191. The minimum Gasteiger partial charge on any atom is -0.387 e. The third kappa shape index (κ3) is 60.4. The van der Waals surface area contributed by atoms with Gasteiger partial charge in [-0.1, -0.05) is 270 Å². The lowest BCUT2D eigenvalue weighted by atomic mass is 10.0. The molecule has 0 bridgehead atoms. The van der Waals surface area contributed by atoms with Gasteiger partial charge in [-0.2, -0.15) is 0 Å². The predicted molar refractivity (Wildman–Crippen MR) is 336 cm³/mol. The number of aliphatic hydroxyl groups excluding tert-OH is 1. The van der Waals surface area contributed by atoms with Gasteiger partial charge in [-0.15, -0.1) is 0 Å². The van der Waals surface area contributed by atoms with E-state index in [0.29, 0.717) is 17.4 Å². The second kappa shape index (κ2) is 57.6. The molecule has 0 radical (unpaired) electrons. The van der Waals surface area contributed by atoms with Gasteiger partial charge >= 0.3 is 7.82 Å². The largest absolute Gasteiger partial charge is 0.472 e. The monoisotopic (exact) mass is 1090 g/mol. The van der Waals surface area contributed by atoms with Crippen LogP contribution in [-0.2, 0) is 18.4 Å². The zero-order chi connectivity index (χ0) is 56.3. The maximum atomic E-state index is 13.0. The van der Waals surface area contributed by atoms with Gasteiger partial charge in [-0.3, -0.25) is 13.8 Å². The average molecular weight is 1090 g/mol. The Morgan fingerprint density at radius 1 is 0.455 bits per heavy atom. The number of amides is 1. The Morgan fingerprint density at radius 3 is 1.19 bits per heavy atom. The van der Waals surface area contributed by atoms with E-state index in [2.05, 4.69) is 129 Å². The van der Waals surface area contributed by atoms with E-state index >= 15 is 0 Å². The van der Waals surface area contributed by atoms with Crippen molar-refractivity contribution in [2.45, 2.75) is 264 Å². The summed E-state index contributed by atoms with van der Waals surface area (Å²) in [4.78, 5) is 23.3. The van der Waals surface area contributed by atoms with Crippen LogP contribution in [0.25, 0.3) is 0 Å². The van der Waals surface area contributed by atoms with Crippen molar-refractivity contribution in [1.82, 2.24) is 5.32 Å². The molecule has 0 aliphatic heterocycles. The van der Waals surface area contributed by atoms with Crippen molar-refractivity contribution < 1.29 is 32.9 Å². The first kappa shape index (κ1) is 73.9. The van der Waals surface area contributed by atoms with Crippen molar-refractivity contribution in [3.05, 3.63) is 122 Å². The molecule has 0 aromatic heterocycles. The Balaban J connectivity index is 4.08. The van der Waals surface area contributed by atoms with Gasteiger partial charge < -0.3 is 19.8 Å². The zero-order valence-corrected chi connectivity index (χ0v) is 51.3. The number of rotatable bonds is 56. The molecule has 3 atom stereocenters. The molecule has 0 aromatic carbocycles. The fourth-order valence-electron chi connectivity index (χ4n) is 8.54. The second-order valence-electron chi connectivity index (χ2n) is 22.0. The van der Waals surface area contributed by atoms with Crippen molar-refractivity contribution in [2.75, 3.05) is 40.9 Å². The normalized spacial score (nSPS) is 14.6. The van der Waals surface area contributed by atoms with Gasteiger partial charge in [0.25, 0.3) is 0 Å². The number of nitrogens with zero attached hydrogens (tertiary/aromatic N) is 1. The Bertz CT molecular complexity index is 1670. The third-order valence-electron chi connectivity index (χ3n) is 13.4. The van der Waals surface area contributed by atoms with Crippen molar-refractivity contribution in [2.24, 2.45) is 0 Å². The van der Waals surface area contributed by atoms with E-state index in [1.54, 1.807) is 6.08 Å². The fourth-order valence-corrected chi connectivity index (χ4v) is 9.28. The highest BCUT2D eigenvalue weighted by molar-refractivity contribution is 7.47. The lowest BCUT2D eigenvalue weighted by Crippen LogP contribution is -2.45. The van der Waals surface area contributed by atoms with E-state index < -0.39 is 20.0 Å². The lowest BCUT2D eigenvalue weighted by molar-refractivity contribution is -0.870. The number of likely N-dealkylation sites (N-methyl/N-ethyl adjacent to an activating group) is 1. The molecule has 0 heterocycles. The number of carbonyl (C=O) groups is 1. The maximum absolute atomic E-state index is 13.0. The Morgan fingerprint density at radius 2 is 0.792 bits per heavy atom. The molecule has 3 N–H and O–H groups in total. The third-order valence-corrected chi connectivity index (χ3v) is 14.4. The minimum absolute atomic E-state index is 0.0519. The summed E-state index contributed by atoms with van der Waals surface area (Å²) in [6, 6.07) is -0.870. The molecule has 0 spiro atoms. The van der Waals surface area contributed by atoms with Gasteiger partial charge in [0, 0.05) is 6.42 Å². The molecule has 0 saturated heterocycles. The fraction of sp³-hybridized carbons (Fsp3) is 0.691. The van der Waals surface area contributed by atoms with Crippen LogP contribution in [0.15, 0.2) is 122 Å². The summed E-state index contributed by atoms with van der Waals surface area (Å²) in [5, 5.41) is 13.9. The van der Waals surface area contributed by atoms with E-state index in [4.69, 9.17) is 9.05 Å². The Hall–Kier alpha value is -3.10. The van der Waals surface area contributed by atoms with Gasteiger partial charge in [0.15, 0.2) is 0 Å². The first-order chi connectivity index (χ1) is 37.5. The first-order valence-electron chi connectivity index (χ1n) is 31.4. The minimum atomic E-state index is -4.36. The number of phosphoric acid groups is 1. The molecular formula is C68H120N2O6P+. The van der Waals surface area contributed by atoms with Gasteiger partial charge in [0.05, 0.1) is 39.9 Å². The Labute approximate surface area is 475 Å². The molecular weight excluding hydrogens is 972 g/mol. The predicted octanol–water partition coefficient (Wildman–Crippen LogP) is 19.7. The molecule has 0 rings (SSSR count). The van der Waals surface area contributed by atoms with E-state index in [9.17, 15) is 19.4 Å².